The van der Waals surface area contributed by atoms with Crippen molar-refractivity contribution in [2.24, 2.45) is 0 Å². The average Bonchev–Trinajstić information content (AvgIpc) is 3.16. The highest BCUT2D eigenvalue weighted by molar-refractivity contribution is 5.32. The van der Waals surface area contributed by atoms with Gasteiger partial charge < -0.3 is 19.7 Å². The molecule has 4 atom stereocenters. The Morgan fingerprint density at radius 3 is 2.50 bits per heavy atom. The van der Waals surface area contributed by atoms with Crippen molar-refractivity contribution in [3.05, 3.63) is 23.3 Å². The lowest BCUT2D eigenvalue weighted by Gasteiger charge is -2.46. The van der Waals surface area contributed by atoms with E-state index in [2.05, 4.69) is 6.08 Å². The van der Waals surface area contributed by atoms with Crippen LogP contribution in [0.1, 0.15) is 40.0 Å². The lowest BCUT2D eigenvalue weighted by Crippen LogP contribution is -2.63. The molecule has 0 amide bonds. The molecule has 4 nitrogen and oxygen atoms in total. The zero-order valence-corrected chi connectivity index (χ0v) is 12.8. The third kappa shape index (κ3) is 2.46. The van der Waals surface area contributed by atoms with Gasteiger partial charge in [-0.15, -0.1) is 0 Å². The van der Waals surface area contributed by atoms with Crippen LogP contribution in [0.15, 0.2) is 23.3 Å². The molecule has 0 radical (unpaired) electrons. The number of hydrogen-bond donors (Lipinski definition) is 2. The largest absolute Gasteiger partial charge is 0.390 e. The van der Waals surface area contributed by atoms with E-state index in [-0.39, 0.29) is 0 Å². The molecule has 2 rings (SSSR count). The normalized spacial score (nSPS) is 40.8. The van der Waals surface area contributed by atoms with Crippen LogP contribution in [0, 0.1) is 0 Å². The second-order valence-electron chi connectivity index (χ2n) is 6.22. The predicted octanol–water partition coefficient (Wildman–Crippen LogP) is 1.96. The summed E-state index contributed by atoms with van der Waals surface area (Å²) in [4.78, 5) is 0. The van der Waals surface area contributed by atoms with Crippen LogP contribution < -0.4 is 0 Å². The first-order valence-corrected chi connectivity index (χ1v) is 7.25. The molecule has 1 heterocycles. The summed E-state index contributed by atoms with van der Waals surface area (Å²) in [5.41, 5.74) is 0.247. The highest BCUT2D eigenvalue weighted by Crippen LogP contribution is 2.52. The average molecular weight is 282 g/mol. The minimum Gasteiger partial charge on any atom is -0.390 e. The lowest BCUT2D eigenvalue weighted by atomic mass is 9.68. The third-order valence-corrected chi connectivity index (χ3v) is 4.60. The topological polar surface area (TPSA) is 62.2 Å². The molecule has 2 N–H and O–H groups in total. The Hall–Kier alpha value is -0.680. The second kappa shape index (κ2) is 5.60. The molecule has 0 aromatic rings. The van der Waals surface area contributed by atoms with Crippen LogP contribution in [0.25, 0.3) is 0 Å². The first-order valence-electron chi connectivity index (χ1n) is 7.25. The van der Waals surface area contributed by atoms with E-state index in [1.54, 1.807) is 0 Å². The number of ether oxygens (including phenoxy) is 2. The van der Waals surface area contributed by atoms with E-state index in [1.807, 2.05) is 26.8 Å². The maximum absolute atomic E-state index is 11.2. The fourth-order valence-electron chi connectivity index (χ4n) is 3.25. The summed E-state index contributed by atoms with van der Waals surface area (Å²) in [5.74, 6) is 0. The first-order chi connectivity index (χ1) is 9.37. The van der Waals surface area contributed by atoms with Crippen molar-refractivity contribution >= 4 is 0 Å². The van der Waals surface area contributed by atoms with Gasteiger partial charge in [0.15, 0.2) is 0 Å². The molecule has 20 heavy (non-hydrogen) atoms. The van der Waals surface area contributed by atoms with Gasteiger partial charge in [0.25, 0.3) is 0 Å². The number of hydrogen-bond acceptors (Lipinski definition) is 4. The Labute approximate surface area is 121 Å². The first kappa shape index (κ1) is 15.7. The SMILES string of the molecule is CO[C@@H]1[C@H](O)CC[C@]2(CO2)[C@@]1(O)/C(C)=C/CC=C(C)C. The van der Waals surface area contributed by atoms with Gasteiger partial charge in [-0.05, 0) is 45.6 Å². The van der Waals surface area contributed by atoms with Gasteiger partial charge >= 0.3 is 0 Å². The lowest BCUT2D eigenvalue weighted by molar-refractivity contribution is -0.179. The minimum atomic E-state index is -1.24. The second-order valence-corrected chi connectivity index (χ2v) is 6.22. The van der Waals surface area contributed by atoms with Gasteiger partial charge in [-0.25, -0.2) is 0 Å². The monoisotopic (exact) mass is 282 g/mol. The molecule has 0 bridgehead atoms. The Balaban J connectivity index is 2.29. The van der Waals surface area contributed by atoms with E-state index >= 15 is 0 Å². The fourth-order valence-corrected chi connectivity index (χ4v) is 3.25. The predicted molar refractivity (Wildman–Crippen MR) is 77.5 cm³/mol. The van der Waals surface area contributed by atoms with Crippen molar-refractivity contribution in [3.63, 3.8) is 0 Å². The molecule has 4 heteroatoms. The molecule has 1 saturated heterocycles. The molecule has 114 valence electrons. The quantitative estimate of drug-likeness (QED) is 0.611. The molecule has 0 aromatic heterocycles. The van der Waals surface area contributed by atoms with E-state index < -0.39 is 23.4 Å². The molecule has 1 aliphatic heterocycles. The van der Waals surface area contributed by atoms with E-state index in [9.17, 15) is 10.2 Å². The zero-order chi connectivity index (χ0) is 15.0. The summed E-state index contributed by atoms with van der Waals surface area (Å²) in [7, 11) is 1.53. The van der Waals surface area contributed by atoms with Crippen LogP contribution in [0.3, 0.4) is 0 Å². The zero-order valence-electron chi connectivity index (χ0n) is 12.8. The Morgan fingerprint density at radius 2 is 2.00 bits per heavy atom. The number of allylic oxidation sites excluding steroid dienone is 3. The Kier molecular flexibility index (Phi) is 4.40. The molecular weight excluding hydrogens is 256 g/mol. The molecule has 0 unspecified atom stereocenters. The number of methoxy groups -OCH3 is 1. The molecule has 2 fully saturated rings. The smallest absolute Gasteiger partial charge is 0.145 e. The van der Waals surface area contributed by atoms with Gasteiger partial charge in [0.2, 0.25) is 0 Å². The molecule has 1 saturated carbocycles. The number of aliphatic hydroxyl groups is 2. The summed E-state index contributed by atoms with van der Waals surface area (Å²) >= 11 is 0. The molecule has 2 aliphatic rings. The van der Waals surface area contributed by atoms with Crippen LogP contribution >= 0.6 is 0 Å². The number of aliphatic hydroxyl groups excluding tert-OH is 1. The number of rotatable bonds is 4. The Morgan fingerprint density at radius 1 is 1.35 bits per heavy atom. The summed E-state index contributed by atoms with van der Waals surface area (Å²) < 4.78 is 11.0. The molecule has 1 spiro atoms. The number of epoxide rings is 1. The van der Waals surface area contributed by atoms with Crippen LogP contribution in [-0.2, 0) is 9.47 Å². The van der Waals surface area contributed by atoms with Gasteiger partial charge in [0, 0.05) is 7.11 Å². The summed E-state index contributed by atoms with van der Waals surface area (Å²) in [5, 5.41) is 21.4. The van der Waals surface area contributed by atoms with Crippen LogP contribution in [0.4, 0.5) is 0 Å². The van der Waals surface area contributed by atoms with Crippen LogP contribution in [-0.4, -0.2) is 47.3 Å². The van der Waals surface area contributed by atoms with E-state index in [0.717, 1.165) is 12.0 Å². The van der Waals surface area contributed by atoms with Gasteiger partial charge in [-0.3, -0.25) is 0 Å². The maximum Gasteiger partial charge on any atom is 0.145 e. The van der Waals surface area contributed by atoms with Gasteiger partial charge in [0.05, 0.1) is 12.7 Å². The standard InChI is InChI=1S/C16H26O4/c1-11(2)6-5-7-12(3)16(18)14(19-4)13(17)8-9-15(16)10-20-15/h6-7,13-14,17-18H,5,8-10H2,1-4H3/b12-7+/t13-,14-,15+,16-/m1/s1. The Bertz CT molecular complexity index is 418. The fraction of sp³-hybridized carbons (Fsp3) is 0.750. The summed E-state index contributed by atoms with van der Waals surface area (Å²) in [6.45, 7) is 6.52. The van der Waals surface area contributed by atoms with Crippen molar-refractivity contribution in [2.45, 2.75) is 63.4 Å². The molecule has 1 aliphatic carbocycles. The van der Waals surface area contributed by atoms with Crippen LogP contribution in [0.5, 0.6) is 0 Å². The molecule has 0 aromatic carbocycles. The molecular formula is C16H26O4. The van der Waals surface area contributed by atoms with Crippen molar-refractivity contribution < 1.29 is 19.7 Å². The van der Waals surface area contributed by atoms with Gasteiger partial charge in [-0.1, -0.05) is 17.7 Å². The third-order valence-electron chi connectivity index (χ3n) is 4.60. The summed E-state index contributed by atoms with van der Waals surface area (Å²) in [6, 6.07) is 0. The van der Waals surface area contributed by atoms with Gasteiger partial charge in [-0.2, -0.15) is 0 Å². The highest BCUT2D eigenvalue weighted by atomic mass is 16.6. The van der Waals surface area contributed by atoms with Crippen molar-refractivity contribution in [1.82, 2.24) is 0 Å². The van der Waals surface area contributed by atoms with Crippen molar-refractivity contribution in [3.8, 4) is 0 Å². The maximum atomic E-state index is 11.2. The van der Waals surface area contributed by atoms with Crippen LogP contribution in [0.2, 0.25) is 0 Å². The van der Waals surface area contributed by atoms with Crippen molar-refractivity contribution in [1.29, 1.82) is 0 Å². The van der Waals surface area contributed by atoms with Gasteiger partial charge in [0.1, 0.15) is 17.3 Å². The van der Waals surface area contributed by atoms with E-state index in [0.29, 0.717) is 19.4 Å². The van der Waals surface area contributed by atoms with E-state index in [1.165, 1.54) is 12.7 Å². The summed E-state index contributed by atoms with van der Waals surface area (Å²) in [6.07, 6.45) is 4.84. The van der Waals surface area contributed by atoms with E-state index in [4.69, 9.17) is 9.47 Å². The minimum absolute atomic E-state index is 0.532. The van der Waals surface area contributed by atoms with Crippen molar-refractivity contribution in [2.75, 3.05) is 13.7 Å². The highest BCUT2D eigenvalue weighted by Gasteiger charge is 2.68.